The molecule has 0 unspecified atom stereocenters. The molecule has 0 amide bonds. The van der Waals surface area contributed by atoms with Crippen molar-refractivity contribution in [2.24, 2.45) is 7.05 Å². The number of hydrogen-bond donors (Lipinski definition) is 0. The van der Waals surface area contributed by atoms with Crippen molar-refractivity contribution in [2.45, 2.75) is 13.3 Å². The predicted octanol–water partition coefficient (Wildman–Crippen LogP) is 1.80. The maximum atomic E-state index is 11.2. The lowest BCUT2D eigenvalue weighted by Gasteiger charge is -2.03. The highest BCUT2D eigenvalue weighted by Gasteiger charge is 2.06. The first kappa shape index (κ1) is 11.3. The lowest BCUT2D eigenvalue weighted by molar-refractivity contribution is -0.134. The van der Waals surface area contributed by atoms with Crippen LogP contribution in [0, 0.1) is 0 Å². The summed E-state index contributed by atoms with van der Waals surface area (Å²) in [4.78, 5) is 15.3. The number of ether oxygens (including phenoxy) is 1. The third-order valence-electron chi connectivity index (χ3n) is 2.21. The Labute approximate surface area is 99.1 Å². The molecule has 88 valence electrons. The summed E-state index contributed by atoms with van der Waals surface area (Å²) in [6, 6.07) is 7.17. The van der Waals surface area contributed by atoms with Crippen molar-refractivity contribution in [1.29, 1.82) is 0 Å². The number of nitrogens with zero attached hydrogens (tertiary/aromatic N) is 3. The Kier molecular flexibility index (Phi) is 3.18. The molecule has 2 rings (SSSR count). The van der Waals surface area contributed by atoms with Gasteiger partial charge < -0.3 is 4.74 Å². The van der Waals surface area contributed by atoms with Crippen molar-refractivity contribution in [3.63, 3.8) is 0 Å². The maximum absolute atomic E-state index is 11.2. The van der Waals surface area contributed by atoms with Gasteiger partial charge in [0.25, 0.3) is 0 Å². The monoisotopic (exact) mass is 231 g/mol. The highest BCUT2D eigenvalue weighted by Crippen LogP contribution is 2.20. The second kappa shape index (κ2) is 4.78. The summed E-state index contributed by atoms with van der Waals surface area (Å²) in [6.45, 7) is 1.76. The van der Waals surface area contributed by atoms with Crippen LogP contribution in [0.15, 0.2) is 30.6 Å². The van der Waals surface area contributed by atoms with Gasteiger partial charge in [0.2, 0.25) is 0 Å². The zero-order valence-corrected chi connectivity index (χ0v) is 9.75. The van der Waals surface area contributed by atoms with E-state index in [9.17, 15) is 4.79 Å². The summed E-state index contributed by atoms with van der Waals surface area (Å²) in [5.41, 5.74) is 0.826. The Morgan fingerprint density at radius 1 is 1.47 bits per heavy atom. The SMILES string of the molecule is CCC(=O)Oc1cccc(-c2ncn(C)n2)c1. The van der Waals surface area contributed by atoms with E-state index in [-0.39, 0.29) is 5.97 Å². The number of esters is 1. The minimum atomic E-state index is -0.254. The molecule has 0 aliphatic rings. The molecule has 2 aromatic rings. The lowest BCUT2D eigenvalue weighted by atomic mass is 10.2. The van der Waals surface area contributed by atoms with Gasteiger partial charge in [-0.1, -0.05) is 19.1 Å². The molecular weight excluding hydrogens is 218 g/mol. The summed E-state index contributed by atoms with van der Waals surface area (Å²) < 4.78 is 6.76. The molecule has 5 nitrogen and oxygen atoms in total. The number of aryl methyl sites for hydroxylation is 1. The summed E-state index contributed by atoms with van der Waals surface area (Å²) in [7, 11) is 1.80. The average Bonchev–Trinajstić information content (AvgIpc) is 2.76. The van der Waals surface area contributed by atoms with Crippen molar-refractivity contribution in [2.75, 3.05) is 0 Å². The molecule has 1 heterocycles. The van der Waals surface area contributed by atoms with Crippen molar-refractivity contribution in [1.82, 2.24) is 14.8 Å². The normalized spacial score (nSPS) is 10.2. The van der Waals surface area contributed by atoms with Crippen LogP contribution in [0.25, 0.3) is 11.4 Å². The topological polar surface area (TPSA) is 57.0 Å². The molecule has 0 aliphatic carbocycles. The Morgan fingerprint density at radius 2 is 2.29 bits per heavy atom. The molecule has 0 aliphatic heterocycles. The Balaban J connectivity index is 2.25. The summed E-state index contributed by atoms with van der Waals surface area (Å²) in [6.07, 6.45) is 1.98. The fourth-order valence-electron chi connectivity index (χ4n) is 1.37. The molecule has 0 saturated heterocycles. The third kappa shape index (κ3) is 2.69. The molecule has 0 radical (unpaired) electrons. The van der Waals surface area contributed by atoms with Gasteiger partial charge in [-0.2, -0.15) is 5.10 Å². The summed E-state index contributed by atoms with van der Waals surface area (Å²) in [5, 5.41) is 4.19. The zero-order chi connectivity index (χ0) is 12.3. The Morgan fingerprint density at radius 3 is 2.94 bits per heavy atom. The molecule has 1 aromatic carbocycles. The summed E-state index contributed by atoms with van der Waals surface area (Å²) >= 11 is 0. The Bertz CT molecular complexity index is 534. The molecular formula is C12H13N3O2. The van der Waals surface area contributed by atoms with E-state index in [0.29, 0.717) is 18.0 Å². The van der Waals surface area contributed by atoms with Crippen LogP contribution >= 0.6 is 0 Å². The highest BCUT2D eigenvalue weighted by atomic mass is 16.5. The summed E-state index contributed by atoms with van der Waals surface area (Å²) in [5.74, 6) is 0.875. The molecule has 0 spiro atoms. The molecule has 17 heavy (non-hydrogen) atoms. The van der Waals surface area contributed by atoms with Crippen molar-refractivity contribution < 1.29 is 9.53 Å². The van der Waals surface area contributed by atoms with Gasteiger partial charge in [0, 0.05) is 19.0 Å². The molecule has 0 fully saturated rings. The van der Waals surface area contributed by atoms with Crippen molar-refractivity contribution in [3.05, 3.63) is 30.6 Å². The van der Waals surface area contributed by atoms with Crippen LogP contribution in [0.4, 0.5) is 0 Å². The van der Waals surface area contributed by atoms with Crippen LogP contribution in [0.1, 0.15) is 13.3 Å². The van der Waals surface area contributed by atoms with Crippen LogP contribution < -0.4 is 4.74 Å². The van der Waals surface area contributed by atoms with E-state index in [4.69, 9.17) is 4.74 Å². The van der Waals surface area contributed by atoms with Crippen molar-refractivity contribution in [3.8, 4) is 17.1 Å². The minimum absolute atomic E-state index is 0.254. The maximum Gasteiger partial charge on any atom is 0.310 e. The van der Waals surface area contributed by atoms with Gasteiger partial charge in [-0.25, -0.2) is 4.98 Å². The molecule has 0 bridgehead atoms. The van der Waals surface area contributed by atoms with E-state index in [1.54, 1.807) is 37.1 Å². The third-order valence-corrected chi connectivity index (χ3v) is 2.21. The zero-order valence-electron chi connectivity index (χ0n) is 9.75. The minimum Gasteiger partial charge on any atom is -0.427 e. The predicted molar refractivity (Wildman–Crippen MR) is 62.4 cm³/mol. The van der Waals surface area contributed by atoms with Gasteiger partial charge in [0.05, 0.1) is 0 Å². The number of aromatic nitrogens is 3. The first-order valence-electron chi connectivity index (χ1n) is 5.36. The second-order valence-electron chi connectivity index (χ2n) is 3.60. The standard InChI is InChI=1S/C12H13N3O2/c1-3-11(16)17-10-6-4-5-9(7-10)12-13-8-15(2)14-12/h4-8H,3H2,1-2H3. The van der Waals surface area contributed by atoms with Gasteiger partial charge in [-0.05, 0) is 12.1 Å². The van der Waals surface area contributed by atoms with Crippen LogP contribution in [0.3, 0.4) is 0 Å². The lowest BCUT2D eigenvalue weighted by Crippen LogP contribution is -2.05. The number of carbonyl (C=O) groups is 1. The second-order valence-corrected chi connectivity index (χ2v) is 3.60. The highest BCUT2D eigenvalue weighted by molar-refractivity contribution is 5.72. The molecule has 5 heteroatoms. The number of hydrogen-bond acceptors (Lipinski definition) is 4. The first-order valence-corrected chi connectivity index (χ1v) is 5.36. The van der Waals surface area contributed by atoms with E-state index in [0.717, 1.165) is 5.56 Å². The van der Waals surface area contributed by atoms with E-state index >= 15 is 0 Å². The van der Waals surface area contributed by atoms with Gasteiger partial charge >= 0.3 is 5.97 Å². The van der Waals surface area contributed by atoms with E-state index in [1.807, 2.05) is 12.1 Å². The number of rotatable bonds is 3. The van der Waals surface area contributed by atoms with Gasteiger partial charge in [0.15, 0.2) is 5.82 Å². The van der Waals surface area contributed by atoms with Crippen LogP contribution in [0.5, 0.6) is 5.75 Å². The van der Waals surface area contributed by atoms with E-state index in [1.165, 1.54) is 0 Å². The number of benzene rings is 1. The van der Waals surface area contributed by atoms with Gasteiger partial charge in [-0.3, -0.25) is 9.48 Å². The van der Waals surface area contributed by atoms with Gasteiger partial charge in [-0.15, -0.1) is 0 Å². The molecule has 0 atom stereocenters. The molecule has 1 aromatic heterocycles. The van der Waals surface area contributed by atoms with E-state index < -0.39 is 0 Å². The van der Waals surface area contributed by atoms with Crippen LogP contribution in [-0.2, 0) is 11.8 Å². The van der Waals surface area contributed by atoms with Crippen LogP contribution in [0.2, 0.25) is 0 Å². The average molecular weight is 231 g/mol. The smallest absolute Gasteiger partial charge is 0.310 e. The van der Waals surface area contributed by atoms with Gasteiger partial charge in [0.1, 0.15) is 12.1 Å². The fourth-order valence-corrected chi connectivity index (χ4v) is 1.37. The first-order chi connectivity index (χ1) is 8.19. The fraction of sp³-hybridized carbons (Fsp3) is 0.250. The van der Waals surface area contributed by atoms with Crippen molar-refractivity contribution >= 4 is 5.97 Å². The molecule has 0 N–H and O–H groups in total. The van der Waals surface area contributed by atoms with Crippen LogP contribution in [-0.4, -0.2) is 20.7 Å². The Hall–Kier alpha value is -2.17. The number of carbonyl (C=O) groups excluding carboxylic acids is 1. The molecule has 0 saturated carbocycles. The van der Waals surface area contributed by atoms with E-state index in [2.05, 4.69) is 10.1 Å². The largest absolute Gasteiger partial charge is 0.427 e. The quantitative estimate of drug-likeness (QED) is 0.597.